The quantitative estimate of drug-likeness (QED) is 0.750. The molecule has 0 aliphatic carbocycles. The summed E-state index contributed by atoms with van der Waals surface area (Å²) in [7, 11) is 0. The van der Waals surface area contributed by atoms with E-state index in [-0.39, 0.29) is 0 Å². The molecule has 3 aromatic rings. The number of anilines is 1. The van der Waals surface area contributed by atoms with Crippen molar-refractivity contribution in [3.05, 3.63) is 30.7 Å². The zero-order chi connectivity index (χ0) is 18.3. The fraction of sp³-hybridized carbons (Fsp3) is 0.353. The van der Waals surface area contributed by atoms with E-state index in [1.807, 2.05) is 22.3 Å². The SMILES string of the molecule is O=C(NCC(F)(F)F)C1CCN(c2nccc3cnc4[nH]ccc4c23)C1. The predicted octanol–water partition coefficient (Wildman–Crippen LogP) is 2.62. The van der Waals surface area contributed by atoms with Gasteiger partial charge in [0.1, 0.15) is 18.0 Å². The van der Waals surface area contributed by atoms with Gasteiger partial charge < -0.3 is 15.2 Å². The van der Waals surface area contributed by atoms with E-state index in [1.54, 1.807) is 18.6 Å². The van der Waals surface area contributed by atoms with Crippen molar-refractivity contribution in [2.24, 2.45) is 5.92 Å². The number of carbonyl (C=O) groups is 1. The highest BCUT2D eigenvalue weighted by atomic mass is 19.4. The molecule has 9 heteroatoms. The molecule has 4 heterocycles. The first-order valence-electron chi connectivity index (χ1n) is 8.22. The van der Waals surface area contributed by atoms with Crippen molar-refractivity contribution in [3.8, 4) is 0 Å². The molecule has 1 unspecified atom stereocenters. The van der Waals surface area contributed by atoms with E-state index in [2.05, 4.69) is 15.0 Å². The lowest BCUT2D eigenvalue weighted by atomic mass is 10.1. The summed E-state index contributed by atoms with van der Waals surface area (Å²) in [6.45, 7) is -0.404. The number of carbonyl (C=O) groups excluding carboxylic acids is 1. The Kier molecular flexibility index (Phi) is 3.93. The molecule has 3 aromatic heterocycles. The molecule has 1 saturated heterocycles. The summed E-state index contributed by atoms with van der Waals surface area (Å²) in [5.41, 5.74) is 0.741. The third kappa shape index (κ3) is 3.04. The maximum atomic E-state index is 12.3. The summed E-state index contributed by atoms with van der Waals surface area (Å²) < 4.78 is 36.9. The molecular formula is C17H16F3N5O. The molecule has 0 saturated carbocycles. The van der Waals surface area contributed by atoms with Crippen molar-refractivity contribution in [2.45, 2.75) is 12.6 Å². The molecule has 1 aliphatic heterocycles. The van der Waals surface area contributed by atoms with E-state index in [9.17, 15) is 18.0 Å². The van der Waals surface area contributed by atoms with Crippen molar-refractivity contribution in [2.75, 3.05) is 24.5 Å². The molecule has 26 heavy (non-hydrogen) atoms. The van der Waals surface area contributed by atoms with Crippen LogP contribution in [0.15, 0.2) is 30.7 Å². The van der Waals surface area contributed by atoms with E-state index in [0.717, 1.165) is 27.6 Å². The number of nitrogens with zero attached hydrogens (tertiary/aromatic N) is 3. The van der Waals surface area contributed by atoms with Gasteiger partial charge in [0.25, 0.3) is 0 Å². The number of hydrogen-bond acceptors (Lipinski definition) is 4. The Balaban J connectivity index is 1.59. The minimum Gasteiger partial charge on any atom is -0.355 e. The Labute approximate surface area is 146 Å². The number of amides is 1. The van der Waals surface area contributed by atoms with E-state index in [1.165, 1.54) is 0 Å². The summed E-state index contributed by atoms with van der Waals surface area (Å²) in [6.07, 6.45) is 1.31. The van der Waals surface area contributed by atoms with Gasteiger partial charge in [0.05, 0.1) is 5.92 Å². The second-order valence-corrected chi connectivity index (χ2v) is 6.36. The highest BCUT2D eigenvalue weighted by Crippen LogP contribution is 2.33. The second-order valence-electron chi connectivity index (χ2n) is 6.36. The van der Waals surface area contributed by atoms with Crippen LogP contribution in [0, 0.1) is 5.92 Å². The Bertz CT molecular complexity index is 968. The number of aromatic nitrogens is 3. The first-order chi connectivity index (χ1) is 12.4. The Morgan fingerprint density at radius 3 is 3.00 bits per heavy atom. The van der Waals surface area contributed by atoms with Gasteiger partial charge >= 0.3 is 6.18 Å². The third-order valence-corrected chi connectivity index (χ3v) is 4.61. The lowest BCUT2D eigenvalue weighted by Gasteiger charge is -2.19. The number of fused-ring (bicyclic) bond motifs is 3. The van der Waals surface area contributed by atoms with Gasteiger partial charge in [-0.25, -0.2) is 9.97 Å². The molecule has 0 bridgehead atoms. The molecule has 1 fully saturated rings. The molecular weight excluding hydrogens is 347 g/mol. The van der Waals surface area contributed by atoms with E-state index >= 15 is 0 Å². The van der Waals surface area contributed by atoms with Crippen molar-refractivity contribution in [1.82, 2.24) is 20.3 Å². The average molecular weight is 363 g/mol. The summed E-state index contributed by atoms with van der Waals surface area (Å²) >= 11 is 0. The minimum absolute atomic E-state index is 0.337. The predicted molar refractivity (Wildman–Crippen MR) is 90.8 cm³/mol. The van der Waals surface area contributed by atoms with Crippen LogP contribution in [0.2, 0.25) is 0 Å². The number of H-pyrrole nitrogens is 1. The van der Waals surface area contributed by atoms with E-state index in [4.69, 9.17) is 0 Å². The van der Waals surface area contributed by atoms with E-state index < -0.39 is 24.5 Å². The highest BCUT2D eigenvalue weighted by molar-refractivity contribution is 6.10. The maximum Gasteiger partial charge on any atom is 0.405 e. The van der Waals surface area contributed by atoms with Gasteiger partial charge in [-0.3, -0.25) is 4.79 Å². The number of pyridine rings is 2. The molecule has 0 spiro atoms. The number of rotatable bonds is 3. The fourth-order valence-corrected chi connectivity index (χ4v) is 3.39. The second kappa shape index (κ2) is 6.15. The number of alkyl halides is 3. The van der Waals surface area contributed by atoms with Crippen LogP contribution >= 0.6 is 0 Å². The first kappa shape index (κ1) is 16.6. The van der Waals surface area contributed by atoms with Gasteiger partial charge in [0.2, 0.25) is 5.91 Å². The monoisotopic (exact) mass is 363 g/mol. The van der Waals surface area contributed by atoms with Crippen molar-refractivity contribution in [1.29, 1.82) is 0 Å². The number of aromatic amines is 1. The lowest BCUT2D eigenvalue weighted by molar-refractivity contribution is -0.140. The summed E-state index contributed by atoms with van der Waals surface area (Å²) in [5.74, 6) is -0.336. The maximum absolute atomic E-state index is 12.3. The van der Waals surface area contributed by atoms with E-state index in [0.29, 0.717) is 19.5 Å². The topological polar surface area (TPSA) is 73.9 Å². The standard InChI is InChI=1S/C17H16F3N5O/c18-17(19,20)9-24-16(26)11-3-6-25(8-11)15-13-10(1-4-22-15)7-23-14-12(13)2-5-21-14/h1-2,4-5,7,11H,3,6,8-9H2,(H,21,23)(H,24,26). The summed E-state index contributed by atoms with van der Waals surface area (Å²) in [4.78, 5) is 25.9. The minimum atomic E-state index is -4.40. The fourth-order valence-electron chi connectivity index (χ4n) is 3.39. The Morgan fingerprint density at radius 2 is 2.19 bits per heavy atom. The van der Waals surface area contributed by atoms with Crippen LogP contribution in [-0.4, -0.2) is 46.7 Å². The zero-order valence-corrected chi connectivity index (χ0v) is 13.7. The first-order valence-corrected chi connectivity index (χ1v) is 8.22. The van der Waals surface area contributed by atoms with Gasteiger partial charge in [-0.15, -0.1) is 0 Å². The van der Waals surface area contributed by atoms with Crippen LogP contribution in [0.1, 0.15) is 6.42 Å². The molecule has 4 rings (SSSR count). The van der Waals surface area contributed by atoms with Crippen LogP contribution in [0.25, 0.3) is 21.8 Å². The molecule has 1 atom stereocenters. The van der Waals surface area contributed by atoms with Gasteiger partial charge in [0.15, 0.2) is 0 Å². The van der Waals surface area contributed by atoms with Gasteiger partial charge in [-0.05, 0) is 18.6 Å². The molecule has 0 radical (unpaired) electrons. The average Bonchev–Trinajstić information content (AvgIpc) is 3.27. The largest absolute Gasteiger partial charge is 0.405 e. The van der Waals surface area contributed by atoms with Gasteiger partial charge in [-0.2, -0.15) is 13.2 Å². The molecule has 2 N–H and O–H groups in total. The molecule has 136 valence electrons. The summed E-state index contributed by atoms with van der Waals surface area (Å²) in [6, 6.07) is 3.78. The molecule has 0 aromatic carbocycles. The zero-order valence-electron chi connectivity index (χ0n) is 13.7. The van der Waals surface area contributed by atoms with Crippen LogP contribution in [0.5, 0.6) is 0 Å². The van der Waals surface area contributed by atoms with Crippen LogP contribution < -0.4 is 10.2 Å². The number of halogens is 3. The normalized spacial score (nSPS) is 18.0. The van der Waals surface area contributed by atoms with Crippen molar-refractivity contribution < 1.29 is 18.0 Å². The van der Waals surface area contributed by atoms with Crippen molar-refractivity contribution >= 4 is 33.5 Å². The van der Waals surface area contributed by atoms with Gasteiger partial charge in [-0.1, -0.05) is 0 Å². The van der Waals surface area contributed by atoms with Crippen LogP contribution in [-0.2, 0) is 4.79 Å². The number of hydrogen-bond donors (Lipinski definition) is 2. The Hall–Kier alpha value is -2.84. The van der Waals surface area contributed by atoms with Crippen LogP contribution in [0.4, 0.5) is 19.0 Å². The number of nitrogens with one attached hydrogen (secondary N) is 2. The molecule has 6 nitrogen and oxygen atoms in total. The van der Waals surface area contributed by atoms with Gasteiger partial charge in [0, 0.05) is 47.8 Å². The summed E-state index contributed by atoms with van der Waals surface area (Å²) in [5, 5.41) is 4.75. The highest BCUT2D eigenvalue weighted by Gasteiger charge is 2.33. The molecule has 1 aliphatic rings. The van der Waals surface area contributed by atoms with Crippen LogP contribution in [0.3, 0.4) is 0 Å². The lowest BCUT2D eigenvalue weighted by Crippen LogP contribution is -2.38. The van der Waals surface area contributed by atoms with Crippen molar-refractivity contribution in [3.63, 3.8) is 0 Å². The molecule has 1 amide bonds. The Morgan fingerprint density at radius 1 is 1.35 bits per heavy atom. The third-order valence-electron chi connectivity index (χ3n) is 4.61. The smallest absolute Gasteiger partial charge is 0.355 e.